The van der Waals surface area contributed by atoms with Gasteiger partial charge in [-0.2, -0.15) is 11.8 Å². The Morgan fingerprint density at radius 1 is 1.21 bits per heavy atom. The van der Waals surface area contributed by atoms with Gasteiger partial charge in [-0.3, -0.25) is 4.79 Å². The maximum atomic E-state index is 11.8. The molecule has 2 aromatic carbocycles. The van der Waals surface area contributed by atoms with Gasteiger partial charge in [0.2, 0.25) is 5.91 Å². The zero-order valence-electron chi connectivity index (χ0n) is 13.5. The molecule has 0 atom stereocenters. The van der Waals surface area contributed by atoms with E-state index in [0.29, 0.717) is 6.54 Å². The molecule has 0 heterocycles. The number of rotatable bonds is 8. The molecule has 0 fully saturated rings. The van der Waals surface area contributed by atoms with Gasteiger partial charge in [-0.1, -0.05) is 41.9 Å². The predicted molar refractivity (Wildman–Crippen MR) is 103 cm³/mol. The second-order valence-electron chi connectivity index (χ2n) is 5.04. The summed E-state index contributed by atoms with van der Waals surface area (Å²) in [6, 6.07) is 15.4. The Labute approximate surface area is 152 Å². The Balaban J connectivity index is 1.65. The molecule has 126 valence electrons. The van der Waals surface area contributed by atoms with Crippen LogP contribution in [0.2, 0.25) is 5.02 Å². The van der Waals surface area contributed by atoms with E-state index in [4.69, 9.17) is 16.3 Å². The molecule has 0 aliphatic carbocycles. The summed E-state index contributed by atoms with van der Waals surface area (Å²) in [5.74, 6) is 2.39. The molecule has 24 heavy (non-hydrogen) atoms. The van der Waals surface area contributed by atoms with E-state index in [0.717, 1.165) is 33.4 Å². The fraction of sp³-hybridized carbons (Fsp3) is 0.211. The molecule has 0 saturated carbocycles. The number of ether oxygens (including phenoxy) is 1. The van der Waals surface area contributed by atoms with Crippen LogP contribution in [0, 0.1) is 0 Å². The molecule has 3 nitrogen and oxygen atoms in total. The van der Waals surface area contributed by atoms with E-state index in [-0.39, 0.29) is 5.91 Å². The van der Waals surface area contributed by atoms with E-state index in [1.54, 1.807) is 31.0 Å². The number of halogens is 1. The van der Waals surface area contributed by atoms with Gasteiger partial charge >= 0.3 is 0 Å². The summed E-state index contributed by atoms with van der Waals surface area (Å²) >= 11 is 7.85. The normalized spacial score (nSPS) is 10.8. The molecule has 1 N–H and O–H groups in total. The van der Waals surface area contributed by atoms with Crippen LogP contribution in [0.25, 0.3) is 6.08 Å². The fourth-order valence-electron chi connectivity index (χ4n) is 1.99. The molecule has 1 amide bonds. The van der Waals surface area contributed by atoms with Crippen molar-refractivity contribution in [1.82, 2.24) is 5.32 Å². The Hall–Kier alpha value is -1.91. The Morgan fingerprint density at radius 3 is 2.67 bits per heavy atom. The number of carbonyl (C=O) groups is 1. The van der Waals surface area contributed by atoms with Gasteiger partial charge < -0.3 is 10.1 Å². The number of carbonyl (C=O) groups excluding carboxylic acids is 1. The van der Waals surface area contributed by atoms with Crippen molar-refractivity contribution in [3.8, 4) is 5.75 Å². The number of amides is 1. The molecule has 0 radical (unpaired) electrons. The lowest BCUT2D eigenvalue weighted by molar-refractivity contribution is -0.116. The van der Waals surface area contributed by atoms with Crippen molar-refractivity contribution >= 4 is 35.3 Å². The molecular weight excluding hydrogens is 342 g/mol. The van der Waals surface area contributed by atoms with Crippen LogP contribution in [0.15, 0.2) is 54.6 Å². The molecule has 0 aliphatic rings. The van der Waals surface area contributed by atoms with Crippen molar-refractivity contribution in [3.63, 3.8) is 0 Å². The molecule has 2 rings (SSSR count). The molecule has 5 heteroatoms. The molecule has 0 aromatic heterocycles. The van der Waals surface area contributed by atoms with Crippen molar-refractivity contribution in [2.45, 2.75) is 5.75 Å². The Morgan fingerprint density at radius 2 is 1.96 bits per heavy atom. The average Bonchev–Trinajstić information content (AvgIpc) is 2.61. The topological polar surface area (TPSA) is 38.3 Å². The highest BCUT2D eigenvalue weighted by Gasteiger charge is 2.00. The summed E-state index contributed by atoms with van der Waals surface area (Å²) in [6.45, 7) is 0.626. The van der Waals surface area contributed by atoms with Gasteiger partial charge in [0, 0.05) is 29.1 Å². The first-order chi connectivity index (χ1) is 11.7. The number of thioether (sulfide) groups is 1. The first-order valence-corrected chi connectivity index (χ1v) is 9.13. The number of hydrogen-bond donors (Lipinski definition) is 1. The number of methoxy groups -OCH3 is 1. The van der Waals surface area contributed by atoms with E-state index in [9.17, 15) is 4.79 Å². The molecule has 0 bridgehead atoms. The van der Waals surface area contributed by atoms with Crippen LogP contribution in [-0.4, -0.2) is 25.3 Å². The van der Waals surface area contributed by atoms with E-state index in [1.807, 2.05) is 48.5 Å². The Bertz CT molecular complexity index is 686. The summed E-state index contributed by atoms with van der Waals surface area (Å²) in [4.78, 5) is 11.8. The lowest BCUT2D eigenvalue weighted by Gasteiger charge is -2.05. The van der Waals surface area contributed by atoms with E-state index >= 15 is 0 Å². The van der Waals surface area contributed by atoms with E-state index in [2.05, 4.69) is 5.32 Å². The van der Waals surface area contributed by atoms with Crippen molar-refractivity contribution in [2.75, 3.05) is 19.4 Å². The van der Waals surface area contributed by atoms with Crippen molar-refractivity contribution in [3.05, 3.63) is 70.8 Å². The molecule has 0 aliphatic heterocycles. The largest absolute Gasteiger partial charge is 0.497 e. The minimum Gasteiger partial charge on any atom is -0.497 e. The zero-order valence-corrected chi connectivity index (χ0v) is 15.1. The monoisotopic (exact) mass is 361 g/mol. The quantitative estimate of drug-likeness (QED) is 0.559. The Kier molecular flexibility index (Phi) is 7.72. The molecule has 2 aromatic rings. The van der Waals surface area contributed by atoms with Gasteiger partial charge in [-0.05, 0) is 35.4 Å². The minimum absolute atomic E-state index is 0.0934. The number of benzene rings is 2. The van der Waals surface area contributed by atoms with Gasteiger partial charge in [-0.15, -0.1) is 0 Å². The molecule has 0 spiro atoms. The third kappa shape index (κ3) is 6.30. The predicted octanol–water partition coefficient (Wildman–Crippen LogP) is 4.41. The first-order valence-electron chi connectivity index (χ1n) is 7.60. The lowest BCUT2D eigenvalue weighted by atomic mass is 10.2. The summed E-state index contributed by atoms with van der Waals surface area (Å²) in [5.41, 5.74) is 2.08. The third-order valence-electron chi connectivity index (χ3n) is 3.30. The standard InChI is InChI=1S/C19H20ClNO2S/c1-23-17-9-6-15(7-10-17)8-11-19(22)21-12-13-24-14-16-4-2-3-5-18(16)20/h2-11H,12-14H2,1H3,(H,21,22). The van der Waals surface area contributed by atoms with Crippen LogP contribution in [-0.2, 0) is 10.5 Å². The summed E-state index contributed by atoms with van der Waals surface area (Å²) in [6.07, 6.45) is 3.33. The zero-order chi connectivity index (χ0) is 17.2. The van der Waals surface area contributed by atoms with Gasteiger partial charge in [-0.25, -0.2) is 0 Å². The maximum absolute atomic E-state index is 11.8. The van der Waals surface area contributed by atoms with E-state index < -0.39 is 0 Å². The average molecular weight is 362 g/mol. The van der Waals surface area contributed by atoms with Crippen LogP contribution < -0.4 is 10.1 Å². The second kappa shape index (κ2) is 10.1. The van der Waals surface area contributed by atoms with Gasteiger partial charge in [0.15, 0.2) is 0 Å². The SMILES string of the molecule is COc1ccc(C=CC(=O)NCCSCc2ccccc2Cl)cc1. The summed E-state index contributed by atoms with van der Waals surface area (Å²) in [7, 11) is 1.63. The van der Waals surface area contributed by atoms with Crippen LogP contribution in [0.5, 0.6) is 5.75 Å². The highest BCUT2D eigenvalue weighted by Crippen LogP contribution is 2.20. The van der Waals surface area contributed by atoms with Gasteiger partial charge in [0.25, 0.3) is 0 Å². The van der Waals surface area contributed by atoms with Crippen molar-refractivity contribution in [1.29, 1.82) is 0 Å². The smallest absolute Gasteiger partial charge is 0.244 e. The van der Waals surface area contributed by atoms with Gasteiger partial charge in [0.05, 0.1) is 7.11 Å². The van der Waals surface area contributed by atoms with Gasteiger partial charge in [0.1, 0.15) is 5.75 Å². The molecule has 0 saturated heterocycles. The second-order valence-corrected chi connectivity index (χ2v) is 6.55. The van der Waals surface area contributed by atoms with Crippen LogP contribution in [0.3, 0.4) is 0 Å². The van der Waals surface area contributed by atoms with Crippen LogP contribution >= 0.6 is 23.4 Å². The first kappa shape index (κ1) is 18.4. The highest BCUT2D eigenvalue weighted by atomic mass is 35.5. The summed E-state index contributed by atoms with van der Waals surface area (Å²) in [5, 5.41) is 3.66. The lowest BCUT2D eigenvalue weighted by Crippen LogP contribution is -2.23. The fourth-order valence-corrected chi connectivity index (χ4v) is 3.13. The minimum atomic E-state index is -0.0934. The third-order valence-corrected chi connectivity index (χ3v) is 4.68. The van der Waals surface area contributed by atoms with Crippen LogP contribution in [0.4, 0.5) is 0 Å². The summed E-state index contributed by atoms with van der Waals surface area (Å²) < 4.78 is 5.10. The van der Waals surface area contributed by atoms with Crippen LogP contribution in [0.1, 0.15) is 11.1 Å². The highest BCUT2D eigenvalue weighted by molar-refractivity contribution is 7.98. The van der Waals surface area contributed by atoms with Crippen molar-refractivity contribution in [2.24, 2.45) is 0 Å². The van der Waals surface area contributed by atoms with Crippen molar-refractivity contribution < 1.29 is 9.53 Å². The molecule has 0 unspecified atom stereocenters. The maximum Gasteiger partial charge on any atom is 0.244 e. The number of nitrogens with one attached hydrogen (secondary N) is 1. The number of hydrogen-bond acceptors (Lipinski definition) is 3. The molecular formula is C19H20ClNO2S. The van der Waals surface area contributed by atoms with E-state index in [1.165, 1.54) is 0 Å².